The van der Waals surface area contributed by atoms with Crippen LogP contribution in [0.15, 0.2) is 0 Å². The topological polar surface area (TPSA) is 26.0 Å². The molecule has 0 spiro atoms. The van der Waals surface area contributed by atoms with Crippen LogP contribution in [0.1, 0.15) is 0 Å². The summed E-state index contributed by atoms with van der Waals surface area (Å²) in [4.78, 5) is 2.33. The van der Waals surface area contributed by atoms with Crippen molar-refractivity contribution >= 4 is 40.1 Å². The average molecular weight is 331 g/mol. The van der Waals surface area contributed by atoms with E-state index in [1.165, 1.54) is 0 Å². The fourth-order valence-corrected chi connectivity index (χ4v) is 5.49. The van der Waals surface area contributed by atoms with E-state index >= 15 is 0 Å². The van der Waals surface area contributed by atoms with Gasteiger partial charge in [0.1, 0.15) is 0 Å². The zero-order valence-electron chi connectivity index (χ0n) is 3.54. The molecule has 0 rings (SSSR count). The molecule has 4 heteroatoms. The molecule has 1 atom stereocenters. The molecule has 0 saturated heterocycles. The zero-order chi connectivity index (χ0) is 4.99. The molecule has 0 bridgehead atoms. The summed E-state index contributed by atoms with van der Waals surface area (Å²) < 4.78 is 0. The fraction of sp³-hybridized carbons (Fsp3) is 1.00. The molecule has 0 radical (unpaired) electrons. The van der Waals surface area contributed by atoms with Gasteiger partial charge in [-0.3, -0.25) is 0 Å². The summed E-state index contributed by atoms with van der Waals surface area (Å²) in [6.07, 6.45) is 2.01. The Kier molecular flexibility index (Phi) is 6.54. The predicted octanol–water partition coefficient (Wildman–Crippen LogP) is 1.98. The Morgan fingerprint density at radius 1 is 2.00 bits per heavy atom. The Labute approximate surface area is 56.5 Å². The Balaban J connectivity index is 2.63. The molecule has 0 aromatic rings. The minimum absolute atomic E-state index is 0.435. The summed E-state index contributed by atoms with van der Waals surface area (Å²) in [6.45, 7) is 0. The van der Waals surface area contributed by atoms with E-state index in [0.717, 1.165) is 12.5 Å². The molecule has 0 amide bonds. The molecule has 0 aliphatic rings. The Bertz CT molecular complexity index is 32.7. The van der Waals surface area contributed by atoms with Gasteiger partial charge in [-0.2, -0.15) is 0 Å². The SMILES string of the molecule is CI(I)PCN. The third-order valence-corrected chi connectivity index (χ3v) is 11.1. The van der Waals surface area contributed by atoms with Crippen LogP contribution >= 0.6 is 40.1 Å². The van der Waals surface area contributed by atoms with Gasteiger partial charge in [0, 0.05) is 0 Å². The summed E-state index contributed by atoms with van der Waals surface area (Å²) in [5.74, 6) is 0. The van der Waals surface area contributed by atoms with Crippen LogP contribution in [0.4, 0.5) is 0 Å². The first-order chi connectivity index (χ1) is 2.77. The van der Waals surface area contributed by atoms with Crippen molar-refractivity contribution in [3.63, 3.8) is 0 Å². The van der Waals surface area contributed by atoms with Crippen molar-refractivity contribution in [1.29, 1.82) is 0 Å². The summed E-state index contributed by atoms with van der Waals surface area (Å²) >= 11 is 2.10. The van der Waals surface area contributed by atoms with Crippen LogP contribution < -0.4 is 5.73 Å². The quantitative estimate of drug-likeness (QED) is 0.468. The van der Waals surface area contributed by atoms with Gasteiger partial charge in [-0.15, -0.1) is 0 Å². The van der Waals surface area contributed by atoms with Gasteiger partial charge in [-0.05, 0) is 0 Å². The molecular formula is C2H8I2NP. The van der Waals surface area contributed by atoms with Crippen LogP contribution in [0.3, 0.4) is 0 Å². The van der Waals surface area contributed by atoms with E-state index in [1.54, 1.807) is 0 Å². The molecule has 0 aromatic heterocycles. The van der Waals surface area contributed by atoms with Gasteiger partial charge in [0.2, 0.25) is 0 Å². The number of halogens is 2. The van der Waals surface area contributed by atoms with E-state index in [-0.39, 0.29) is 0 Å². The van der Waals surface area contributed by atoms with E-state index in [4.69, 9.17) is 5.73 Å². The first-order valence-electron chi connectivity index (χ1n) is 1.47. The molecule has 0 heterocycles. The molecule has 0 fully saturated rings. The molecule has 0 aliphatic heterocycles. The van der Waals surface area contributed by atoms with Crippen molar-refractivity contribution in [3.8, 4) is 0 Å². The van der Waals surface area contributed by atoms with Crippen molar-refractivity contribution in [2.24, 2.45) is 5.73 Å². The average Bonchev–Trinajstić information content (AvgIpc) is 1.35. The molecule has 1 unspecified atom stereocenters. The molecule has 6 heavy (non-hydrogen) atoms. The van der Waals surface area contributed by atoms with Gasteiger partial charge in [0.15, 0.2) is 0 Å². The monoisotopic (exact) mass is 331 g/mol. The normalized spacial score (nSPS) is 13.5. The molecule has 2 N–H and O–H groups in total. The summed E-state index contributed by atoms with van der Waals surface area (Å²) in [5, 5.41) is 0. The first-order valence-corrected chi connectivity index (χ1v) is 14.2. The molecule has 0 aliphatic carbocycles. The second kappa shape index (κ2) is 5.00. The van der Waals surface area contributed by atoms with Gasteiger partial charge in [0.25, 0.3) is 0 Å². The van der Waals surface area contributed by atoms with Crippen LogP contribution in [0, 0.1) is 0 Å². The minimum atomic E-state index is -0.435. The van der Waals surface area contributed by atoms with Crippen molar-refractivity contribution in [1.82, 2.24) is 0 Å². The standard InChI is InChI=1S/C2H8I2NP/c1-4(3)6-2-5/h6H,2,5H2,1H3. The van der Waals surface area contributed by atoms with Crippen molar-refractivity contribution < 1.29 is 0 Å². The van der Waals surface area contributed by atoms with Crippen LogP contribution in [0.25, 0.3) is 0 Å². The second-order valence-electron chi connectivity index (χ2n) is 0.741. The van der Waals surface area contributed by atoms with Crippen LogP contribution in [-0.4, -0.2) is 11.2 Å². The third kappa shape index (κ3) is 5.85. The predicted molar refractivity (Wildman–Crippen MR) is 51.3 cm³/mol. The van der Waals surface area contributed by atoms with E-state index in [0.29, 0.717) is 0 Å². The van der Waals surface area contributed by atoms with E-state index < -0.39 is 15.3 Å². The van der Waals surface area contributed by atoms with Crippen LogP contribution in [0.2, 0.25) is 0 Å². The maximum absolute atomic E-state index is 5.28. The second-order valence-corrected chi connectivity index (χ2v) is 23.2. The number of alkyl halides is 1. The van der Waals surface area contributed by atoms with Gasteiger partial charge >= 0.3 is 57.1 Å². The van der Waals surface area contributed by atoms with Gasteiger partial charge < -0.3 is 0 Å². The van der Waals surface area contributed by atoms with Gasteiger partial charge in [-0.25, -0.2) is 0 Å². The van der Waals surface area contributed by atoms with Gasteiger partial charge in [-0.1, -0.05) is 0 Å². The molecule has 1 nitrogen and oxygen atoms in total. The van der Waals surface area contributed by atoms with Crippen LogP contribution in [0.5, 0.6) is 0 Å². The summed E-state index contributed by atoms with van der Waals surface area (Å²) in [5.41, 5.74) is 5.28. The van der Waals surface area contributed by atoms with E-state index in [9.17, 15) is 0 Å². The number of hydrogen-bond acceptors (Lipinski definition) is 1. The van der Waals surface area contributed by atoms with Crippen molar-refractivity contribution in [2.45, 2.75) is 0 Å². The maximum atomic E-state index is 5.28. The molecule has 0 saturated carbocycles. The Hall–Kier alpha value is 1.85. The first kappa shape index (κ1) is 7.85. The molecule has 0 aromatic carbocycles. The van der Waals surface area contributed by atoms with Crippen LogP contribution in [-0.2, 0) is 0 Å². The van der Waals surface area contributed by atoms with Crippen molar-refractivity contribution in [2.75, 3.05) is 11.2 Å². The van der Waals surface area contributed by atoms with Crippen molar-refractivity contribution in [3.05, 3.63) is 0 Å². The van der Waals surface area contributed by atoms with Gasteiger partial charge in [0.05, 0.1) is 0 Å². The Morgan fingerprint density at radius 2 is 2.50 bits per heavy atom. The Morgan fingerprint density at radius 3 is 2.50 bits per heavy atom. The fourth-order valence-electron chi connectivity index (χ4n) is 0.106. The number of nitrogens with two attached hydrogens (primary N) is 1. The summed E-state index contributed by atoms with van der Waals surface area (Å²) in [7, 11) is 0. The summed E-state index contributed by atoms with van der Waals surface area (Å²) in [6, 6.07) is 0. The zero-order valence-corrected chi connectivity index (χ0v) is 8.86. The molecule has 40 valence electrons. The van der Waals surface area contributed by atoms with E-state index in [2.05, 4.69) is 23.5 Å². The number of rotatable bonds is 2. The number of hydrogen-bond donors (Lipinski definition) is 1. The molecular weight excluding hydrogens is 323 g/mol. The third-order valence-electron chi connectivity index (χ3n) is 0.261. The van der Waals surface area contributed by atoms with E-state index in [1.807, 2.05) is 0 Å².